The van der Waals surface area contributed by atoms with Crippen LogP contribution in [-0.2, 0) is 6.61 Å². The van der Waals surface area contributed by atoms with Gasteiger partial charge in [0, 0.05) is 4.88 Å². The lowest BCUT2D eigenvalue weighted by Crippen LogP contribution is -1.97. The topological polar surface area (TPSA) is 57.5 Å². The summed E-state index contributed by atoms with van der Waals surface area (Å²) in [7, 11) is 0. The second kappa shape index (κ2) is 4.47. The number of benzene rings is 1. The van der Waals surface area contributed by atoms with Gasteiger partial charge in [0.05, 0.1) is 12.2 Å². The van der Waals surface area contributed by atoms with E-state index in [-0.39, 0.29) is 12.2 Å². The maximum atomic E-state index is 11.0. The summed E-state index contributed by atoms with van der Waals surface area (Å²) in [5.41, 5.74) is 1.82. The van der Waals surface area contributed by atoms with Crippen LogP contribution in [0.4, 0.5) is 0 Å². The molecule has 2 N–H and O–H groups in total. The van der Waals surface area contributed by atoms with Gasteiger partial charge in [-0.3, -0.25) is 0 Å². The number of rotatable bonds is 3. The first-order valence-corrected chi connectivity index (χ1v) is 5.62. The molecule has 1 heterocycles. The maximum Gasteiger partial charge on any atom is 0.337 e. The van der Waals surface area contributed by atoms with E-state index in [4.69, 9.17) is 5.11 Å². The Balaban J connectivity index is 2.58. The SMILES string of the molecule is O=C(O)c1ccsc1-c1ccccc1CO. The fourth-order valence-electron chi connectivity index (χ4n) is 1.57. The van der Waals surface area contributed by atoms with Crippen molar-refractivity contribution in [1.82, 2.24) is 0 Å². The molecule has 4 heteroatoms. The molecule has 2 rings (SSSR count). The van der Waals surface area contributed by atoms with Crippen molar-refractivity contribution in [3.63, 3.8) is 0 Å². The third kappa shape index (κ3) is 1.85. The molecule has 0 saturated heterocycles. The van der Waals surface area contributed by atoms with E-state index >= 15 is 0 Å². The van der Waals surface area contributed by atoms with E-state index in [1.165, 1.54) is 11.3 Å². The molecule has 0 atom stereocenters. The van der Waals surface area contributed by atoms with E-state index in [1.807, 2.05) is 18.2 Å². The summed E-state index contributed by atoms with van der Waals surface area (Å²) in [5.74, 6) is -0.941. The fourth-order valence-corrected chi connectivity index (χ4v) is 2.51. The molecule has 0 fully saturated rings. The van der Waals surface area contributed by atoms with Gasteiger partial charge in [-0.2, -0.15) is 0 Å². The van der Waals surface area contributed by atoms with Gasteiger partial charge in [-0.15, -0.1) is 11.3 Å². The molecule has 1 aromatic carbocycles. The van der Waals surface area contributed by atoms with Crippen LogP contribution in [-0.4, -0.2) is 16.2 Å². The van der Waals surface area contributed by atoms with Gasteiger partial charge >= 0.3 is 5.97 Å². The van der Waals surface area contributed by atoms with Gasteiger partial charge in [-0.1, -0.05) is 24.3 Å². The molecule has 2 aromatic rings. The molecule has 0 unspecified atom stereocenters. The van der Waals surface area contributed by atoms with Gasteiger partial charge in [0.1, 0.15) is 0 Å². The normalized spacial score (nSPS) is 10.3. The molecule has 0 aliphatic heterocycles. The third-order valence-electron chi connectivity index (χ3n) is 2.33. The Bertz CT molecular complexity index is 516. The summed E-state index contributed by atoms with van der Waals surface area (Å²) < 4.78 is 0. The zero-order valence-electron chi connectivity index (χ0n) is 8.38. The van der Waals surface area contributed by atoms with Crippen molar-refractivity contribution in [2.75, 3.05) is 0 Å². The van der Waals surface area contributed by atoms with E-state index in [0.717, 1.165) is 11.1 Å². The molecule has 0 aliphatic carbocycles. The van der Waals surface area contributed by atoms with Crippen LogP contribution >= 0.6 is 11.3 Å². The molecule has 1 aromatic heterocycles. The van der Waals surface area contributed by atoms with Crippen LogP contribution in [0.15, 0.2) is 35.7 Å². The van der Waals surface area contributed by atoms with Gasteiger partial charge in [0.15, 0.2) is 0 Å². The van der Waals surface area contributed by atoms with Crippen LogP contribution in [0, 0.1) is 0 Å². The average molecular weight is 234 g/mol. The van der Waals surface area contributed by atoms with Crippen molar-refractivity contribution >= 4 is 17.3 Å². The first-order valence-electron chi connectivity index (χ1n) is 4.74. The predicted octanol–water partition coefficient (Wildman–Crippen LogP) is 2.61. The summed E-state index contributed by atoms with van der Waals surface area (Å²) in [5, 5.41) is 20.0. The van der Waals surface area contributed by atoms with E-state index in [0.29, 0.717) is 4.88 Å². The summed E-state index contributed by atoms with van der Waals surface area (Å²) in [6.45, 7) is -0.0901. The number of aliphatic hydroxyl groups is 1. The second-order valence-corrected chi connectivity index (χ2v) is 4.20. The first-order chi connectivity index (χ1) is 7.74. The van der Waals surface area contributed by atoms with E-state index < -0.39 is 5.97 Å². The van der Waals surface area contributed by atoms with Crippen molar-refractivity contribution in [3.05, 3.63) is 46.8 Å². The van der Waals surface area contributed by atoms with Crippen molar-refractivity contribution in [1.29, 1.82) is 0 Å². The fraction of sp³-hybridized carbons (Fsp3) is 0.0833. The molecule has 16 heavy (non-hydrogen) atoms. The van der Waals surface area contributed by atoms with Crippen LogP contribution in [0.1, 0.15) is 15.9 Å². The van der Waals surface area contributed by atoms with Crippen LogP contribution in [0.3, 0.4) is 0 Å². The highest BCUT2D eigenvalue weighted by Crippen LogP contribution is 2.32. The molecular weight excluding hydrogens is 224 g/mol. The molecule has 82 valence electrons. The Morgan fingerprint density at radius 1 is 1.25 bits per heavy atom. The van der Waals surface area contributed by atoms with Crippen molar-refractivity contribution < 1.29 is 15.0 Å². The number of aromatic carboxylic acids is 1. The molecular formula is C12H10O3S. The molecule has 3 nitrogen and oxygen atoms in total. The smallest absolute Gasteiger partial charge is 0.337 e. The molecule has 0 amide bonds. The highest BCUT2D eigenvalue weighted by Gasteiger charge is 2.14. The van der Waals surface area contributed by atoms with Crippen LogP contribution in [0.25, 0.3) is 10.4 Å². The minimum atomic E-state index is -0.941. The van der Waals surface area contributed by atoms with Crippen LogP contribution in [0.2, 0.25) is 0 Å². The number of carboxylic acid groups (broad SMARTS) is 1. The monoisotopic (exact) mass is 234 g/mol. The quantitative estimate of drug-likeness (QED) is 0.858. The largest absolute Gasteiger partial charge is 0.478 e. The standard InChI is InChI=1S/C12H10O3S/c13-7-8-3-1-2-4-9(8)11-10(12(14)15)5-6-16-11/h1-6,13H,7H2,(H,14,15). The van der Waals surface area contributed by atoms with E-state index in [2.05, 4.69) is 0 Å². The summed E-state index contributed by atoms with van der Waals surface area (Å²) in [6, 6.07) is 8.85. The van der Waals surface area contributed by atoms with Crippen LogP contribution < -0.4 is 0 Å². The minimum Gasteiger partial charge on any atom is -0.478 e. The highest BCUT2D eigenvalue weighted by atomic mass is 32.1. The Hall–Kier alpha value is -1.65. The average Bonchev–Trinajstić information content (AvgIpc) is 2.77. The zero-order chi connectivity index (χ0) is 11.5. The van der Waals surface area contributed by atoms with Gasteiger partial charge < -0.3 is 10.2 Å². The Labute approximate surface area is 96.6 Å². The van der Waals surface area contributed by atoms with Crippen molar-refractivity contribution in [2.45, 2.75) is 6.61 Å². The highest BCUT2D eigenvalue weighted by molar-refractivity contribution is 7.14. The number of aliphatic hydroxyl groups excluding tert-OH is 1. The van der Waals surface area contributed by atoms with Crippen molar-refractivity contribution in [3.8, 4) is 10.4 Å². The first kappa shape index (κ1) is 10.9. The summed E-state index contributed by atoms with van der Waals surface area (Å²) in [6.07, 6.45) is 0. The van der Waals surface area contributed by atoms with E-state index in [9.17, 15) is 9.90 Å². The summed E-state index contributed by atoms with van der Waals surface area (Å²) in [4.78, 5) is 11.7. The zero-order valence-corrected chi connectivity index (χ0v) is 9.20. The molecule has 0 radical (unpaired) electrons. The number of carbonyl (C=O) groups is 1. The Morgan fingerprint density at radius 3 is 2.69 bits per heavy atom. The predicted molar refractivity (Wildman–Crippen MR) is 62.6 cm³/mol. The summed E-state index contributed by atoms with van der Waals surface area (Å²) >= 11 is 1.37. The molecule has 0 saturated carbocycles. The van der Waals surface area contributed by atoms with Gasteiger partial charge in [-0.05, 0) is 22.6 Å². The van der Waals surface area contributed by atoms with Crippen molar-refractivity contribution in [2.24, 2.45) is 0 Å². The molecule has 0 bridgehead atoms. The number of hydrogen-bond acceptors (Lipinski definition) is 3. The molecule has 0 aliphatic rings. The molecule has 0 spiro atoms. The lowest BCUT2D eigenvalue weighted by atomic mass is 10.0. The van der Waals surface area contributed by atoms with Gasteiger partial charge in [-0.25, -0.2) is 4.79 Å². The van der Waals surface area contributed by atoms with Crippen LogP contribution in [0.5, 0.6) is 0 Å². The Kier molecular flexibility index (Phi) is 3.03. The second-order valence-electron chi connectivity index (χ2n) is 3.28. The number of carboxylic acids is 1. The lowest BCUT2D eigenvalue weighted by molar-refractivity contribution is 0.0698. The van der Waals surface area contributed by atoms with Gasteiger partial charge in [0.25, 0.3) is 0 Å². The number of hydrogen-bond donors (Lipinski definition) is 2. The maximum absolute atomic E-state index is 11.0. The van der Waals surface area contributed by atoms with E-state index in [1.54, 1.807) is 17.5 Å². The Morgan fingerprint density at radius 2 is 2.00 bits per heavy atom. The lowest BCUT2D eigenvalue weighted by Gasteiger charge is -2.05. The minimum absolute atomic E-state index is 0.0901. The van der Waals surface area contributed by atoms with Gasteiger partial charge in [0.2, 0.25) is 0 Å². The third-order valence-corrected chi connectivity index (χ3v) is 3.28. The number of thiophene rings is 1.